The molecule has 0 aliphatic carbocycles. The normalized spacial score (nSPS) is 19.5. The molecule has 0 bridgehead atoms. The average Bonchev–Trinajstić information content (AvgIpc) is 2.30. The third-order valence-corrected chi connectivity index (χ3v) is 3.89. The molecule has 0 atom stereocenters. The first-order valence-electron chi connectivity index (χ1n) is 6.77. The first-order valence-corrected chi connectivity index (χ1v) is 6.77. The summed E-state index contributed by atoms with van der Waals surface area (Å²) < 4.78 is 5.46. The van der Waals surface area contributed by atoms with E-state index >= 15 is 0 Å². The average molecular weight is 232 g/mol. The van der Waals surface area contributed by atoms with Crippen LogP contribution in [0.4, 0.5) is 0 Å². The summed E-state index contributed by atoms with van der Waals surface area (Å²) in [5.74, 6) is 0.736. The number of rotatable bonds is 3. The van der Waals surface area contributed by atoms with Crippen molar-refractivity contribution >= 4 is 0 Å². The first kappa shape index (κ1) is 12.6. The molecule has 1 fully saturated rings. The molecule has 2 rings (SSSR count). The Morgan fingerprint density at radius 1 is 1.12 bits per heavy atom. The van der Waals surface area contributed by atoms with E-state index in [2.05, 4.69) is 45.0 Å². The second-order valence-corrected chi connectivity index (χ2v) is 5.97. The Hall–Kier alpha value is -0.820. The lowest BCUT2D eigenvalue weighted by Gasteiger charge is -2.34. The van der Waals surface area contributed by atoms with Crippen molar-refractivity contribution in [1.29, 1.82) is 0 Å². The number of benzene rings is 1. The van der Waals surface area contributed by atoms with Crippen molar-refractivity contribution in [2.45, 2.75) is 45.4 Å². The summed E-state index contributed by atoms with van der Waals surface area (Å²) in [4.78, 5) is 0. The zero-order valence-electron chi connectivity index (χ0n) is 11.3. The number of ether oxygens (including phenoxy) is 1. The van der Waals surface area contributed by atoms with E-state index in [0.29, 0.717) is 5.41 Å². The van der Waals surface area contributed by atoms with E-state index in [1.165, 1.54) is 17.5 Å². The predicted octanol–water partition coefficient (Wildman–Crippen LogP) is 3.95. The van der Waals surface area contributed by atoms with E-state index in [-0.39, 0.29) is 0 Å². The minimum absolute atomic E-state index is 0.328. The van der Waals surface area contributed by atoms with E-state index in [4.69, 9.17) is 4.74 Å². The van der Waals surface area contributed by atoms with Crippen LogP contribution in [0.5, 0.6) is 0 Å². The van der Waals surface area contributed by atoms with E-state index in [1.54, 1.807) is 0 Å². The number of hydrogen-bond acceptors (Lipinski definition) is 1. The molecule has 1 saturated heterocycles. The van der Waals surface area contributed by atoms with Crippen molar-refractivity contribution in [3.8, 4) is 0 Å². The summed E-state index contributed by atoms with van der Waals surface area (Å²) in [5, 5.41) is 0. The predicted molar refractivity (Wildman–Crippen MR) is 72.4 cm³/mol. The molecular weight excluding hydrogens is 208 g/mol. The summed E-state index contributed by atoms with van der Waals surface area (Å²) in [6.07, 6.45) is 3.48. The Morgan fingerprint density at radius 3 is 2.24 bits per heavy atom. The SMILES string of the molecule is CC(C)Cc1ccc(C2(C)CCOCC2)cc1. The fourth-order valence-electron chi connectivity index (χ4n) is 2.63. The van der Waals surface area contributed by atoms with Gasteiger partial charge in [-0.05, 0) is 41.7 Å². The summed E-state index contributed by atoms with van der Waals surface area (Å²) in [6, 6.07) is 9.25. The zero-order chi connectivity index (χ0) is 12.3. The van der Waals surface area contributed by atoms with Crippen LogP contribution in [0.3, 0.4) is 0 Å². The second kappa shape index (κ2) is 5.22. The van der Waals surface area contributed by atoms with Gasteiger partial charge < -0.3 is 4.74 Å². The molecular formula is C16H24O. The quantitative estimate of drug-likeness (QED) is 0.766. The highest BCUT2D eigenvalue weighted by Gasteiger charge is 2.28. The Labute approximate surface area is 105 Å². The van der Waals surface area contributed by atoms with Crippen molar-refractivity contribution in [3.63, 3.8) is 0 Å². The number of hydrogen-bond donors (Lipinski definition) is 0. The second-order valence-electron chi connectivity index (χ2n) is 5.97. The van der Waals surface area contributed by atoms with Gasteiger partial charge in [0, 0.05) is 13.2 Å². The third-order valence-electron chi connectivity index (χ3n) is 3.89. The molecule has 1 heteroatoms. The van der Waals surface area contributed by atoms with Crippen molar-refractivity contribution in [3.05, 3.63) is 35.4 Å². The topological polar surface area (TPSA) is 9.23 Å². The van der Waals surface area contributed by atoms with Crippen LogP contribution in [0.15, 0.2) is 24.3 Å². The van der Waals surface area contributed by atoms with Crippen molar-refractivity contribution in [1.82, 2.24) is 0 Å². The van der Waals surface area contributed by atoms with Crippen LogP contribution in [-0.4, -0.2) is 13.2 Å². The van der Waals surface area contributed by atoms with Crippen LogP contribution in [0, 0.1) is 5.92 Å². The van der Waals surface area contributed by atoms with E-state index in [9.17, 15) is 0 Å². The molecule has 1 aromatic carbocycles. The lowest BCUT2D eigenvalue weighted by atomic mass is 9.76. The molecule has 1 aliphatic rings. The highest BCUT2D eigenvalue weighted by molar-refractivity contribution is 5.29. The maximum absolute atomic E-state index is 5.46. The van der Waals surface area contributed by atoms with Crippen LogP contribution in [0.25, 0.3) is 0 Å². The molecule has 1 heterocycles. The highest BCUT2D eigenvalue weighted by atomic mass is 16.5. The van der Waals surface area contributed by atoms with Crippen LogP contribution in [0.1, 0.15) is 44.7 Å². The molecule has 0 N–H and O–H groups in total. The Morgan fingerprint density at radius 2 is 1.71 bits per heavy atom. The molecule has 0 unspecified atom stereocenters. The lowest BCUT2D eigenvalue weighted by molar-refractivity contribution is 0.0564. The summed E-state index contributed by atoms with van der Waals surface area (Å²) in [5.41, 5.74) is 3.27. The molecule has 0 saturated carbocycles. The Bertz CT molecular complexity index is 344. The lowest BCUT2D eigenvalue weighted by Crippen LogP contribution is -2.30. The molecule has 0 amide bonds. The molecule has 0 spiro atoms. The molecule has 1 aliphatic heterocycles. The molecule has 17 heavy (non-hydrogen) atoms. The van der Waals surface area contributed by atoms with Gasteiger partial charge in [-0.15, -0.1) is 0 Å². The Kier molecular flexibility index (Phi) is 3.88. The van der Waals surface area contributed by atoms with Gasteiger partial charge in [0.05, 0.1) is 0 Å². The van der Waals surface area contributed by atoms with Gasteiger partial charge in [-0.3, -0.25) is 0 Å². The molecule has 0 radical (unpaired) electrons. The molecule has 0 aromatic heterocycles. The Balaban J connectivity index is 2.11. The molecule has 94 valence electrons. The van der Waals surface area contributed by atoms with Gasteiger partial charge in [0.25, 0.3) is 0 Å². The highest BCUT2D eigenvalue weighted by Crippen LogP contribution is 2.34. The van der Waals surface area contributed by atoms with Gasteiger partial charge in [-0.1, -0.05) is 45.0 Å². The minimum atomic E-state index is 0.328. The van der Waals surface area contributed by atoms with Gasteiger partial charge in [-0.25, -0.2) is 0 Å². The van der Waals surface area contributed by atoms with Crippen molar-refractivity contribution in [2.24, 2.45) is 5.92 Å². The smallest absolute Gasteiger partial charge is 0.0474 e. The molecule has 1 nitrogen and oxygen atoms in total. The van der Waals surface area contributed by atoms with Gasteiger partial charge in [-0.2, -0.15) is 0 Å². The fourth-order valence-corrected chi connectivity index (χ4v) is 2.63. The summed E-state index contributed by atoms with van der Waals surface area (Å²) >= 11 is 0. The standard InChI is InChI=1S/C16H24O/c1-13(2)12-14-4-6-15(7-5-14)16(3)8-10-17-11-9-16/h4-7,13H,8-12H2,1-3H3. The monoisotopic (exact) mass is 232 g/mol. The maximum Gasteiger partial charge on any atom is 0.0474 e. The first-order chi connectivity index (χ1) is 8.10. The van der Waals surface area contributed by atoms with E-state index in [0.717, 1.165) is 32.0 Å². The van der Waals surface area contributed by atoms with Crippen LogP contribution in [0.2, 0.25) is 0 Å². The summed E-state index contributed by atoms with van der Waals surface area (Å²) in [6.45, 7) is 8.73. The van der Waals surface area contributed by atoms with E-state index < -0.39 is 0 Å². The maximum atomic E-state index is 5.46. The summed E-state index contributed by atoms with van der Waals surface area (Å²) in [7, 11) is 0. The molecule has 1 aromatic rings. The third kappa shape index (κ3) is 3.10. The van der Waals surface area contributed by atoms with Crippen LogP contribution in [-0.2, 0) is 16.6 Å². The fraction of sp³-hybridized carbons (Fsp3) is 0.625. The van der Waals surface area contributed by atoms with Crippen molar-refractivity contribution in [2.75, 3.05) is 13.2 Å². The van der Waals surface area contributed by atoms with Gasteiger partial charge >= 0.3 is 0 Å². The van der Waals surface area contributed by atoms with Gasteiger partial charge in [0.2, 0.25) is 0 Å². The minimum Gasteiger partial charge on any atom is -0.381 e. The van der Waals surface area contributed by atoms with Gasteiger partial charge in [0.15, 0.2) is 0 Å². The van der Waals surface area contributed by atoms with Crippen LogP contribution < -0.4 is 0 Å². The van der Waals surface area contributed by atoms with Crippen LogP contribution >= 0.6 is 0 Å². The largest absolute Gasteiger partial charge is 0.381 e. The zero-order valence-corrected chi connectivity index (χ0v) is 11.3. The van der Waals surface area contributed by atoms with Crippen molar-refractivity contribution < 1.29 is 4.74 Å². The van der Waals surface area contributed by atoms with Gasteiger partial charge in [0.1, 0.15) is 0 Å². The van der Waals surface area contributed by atoms with E-state index in [1.807, 2.05) is 0 Å².